The number of methoxy groups -OCH3 is 1. The van der Waals surface area contributed by atoms with Crippen LogP contribution in [0.25, 0.3) is 0 Å². The van der Waals surface area contributed by atoms with E-state index in [0.717, 1.165) is 5.56 Å². The molecule has 124 valence electrons. The third-order valence-corrected chi connectivity index (χ3v) is 4.38. The Morgan fingerprint density at radius 3 is 2.50 bits per heavy atom. The minimum atomic E-state index is 0.480. The first kappa shape index (κ1) is 18.0. The summed E-state index contributed by atoms with van der Waals surface area (Å²) >= 11 is 1.67. The first-order valence-electron chi connectivity index (χ1n) is 7.70. The third kappa shape index (κ3) is 5.67. The molecular weight excluding hydrogens is 316 g/mol. The second kappa shape index (κ2) is 9.68. The molecular formula is C21H22O2S. The highest BCUT2D eigenvalue weighted by molar-refractivity contribution is 8.02. The summed E-state index contributed by atoms with van der Waals surface area (Å²) in [5, 5.41) is 2.02. The van der Waals surface area contributed by atoms with Crippen LogP contribution in [-0.2, 0) is 16.1 Å². The lowest BCUT2D eigenvalue weighted by molar-refractivity contribution is 0.167. The van der Waals surface area contributed by atoms with Crippen LogP contribution in [0.3, 0.4) is 0 Å². The first-order valence-corrected chi connectivity index (χ1v) is 8.58. The van der Waals surface area contributed by atoms with Crippen LogP contribution in [0.1, 0.15) is 11.1 Å². The quantitative estimate of drug-likeness (QED) is 0.341. The minimum absolute atomic E-state index is 0.480. The van der Waals surface area contributed by atoms with Crippen LogP contribution in [0.4, 0.5) is 0 Å². The largest absolute Gasteiger partial charge is 0.493 e. The van der Waals surface area contributed by atoms with Gasteiger partial charge in [-0.25, -0.2) is 0 Å². The summed E-state index contributed by atoms with van der Waals surface area (Å²) in [5.74, 6) is 1.14. The lowest BCUT2D eigenvalue weighted by Crippen LogP contribution is -1.98. The van der Waals surface area contributed by atoms with Crippen molar-refractivity contribution in [3.05, 3.63) is 101 Å². The van der Waals surface area contributed by atoms with Crippen LogP contribution in [0.15, 0.2) is 95.2 Å². The fraction of sp³-hybridized carbons (Fsp3) is 0.143. The van der Waals surface area contributed by atoms with Gasteiger partial charge in [0.2, 0.25) is 0 Å². The van der Waals surface area contributed by atoms with Crippen LogP contribution in [0.2, 0.25) is 0 Å². The van der Waals surface area contributed by atoms with Gasteiger partial charge >= 0.3 is 0 Å². The molecule has 0 aromatic heterocycles. The molecule has 2 nitrogen and oxygen atoms in total. The van der Waals surface area contributed by atoms with Gasteiger partial charge in [-0.1, -0.05) is 72.9 Å². The molecule has 2 rings (SSSR count). The second-order valence-electron chi connectivity index (χ2n) is 5.14. The van der Waals surface area contributed by atoms with Gasteiger partial charge in [0.1, 0.15) is 6.61 Å². The number of aryl methyl sites for hydroxylation is 1. The van der Waals surface area contributed by atoms with E-state index in [1.165, 1.54) is 10.5 Å². The Balaban J connectivity index is 1.99. The van der Waals surface area contributed by atoms with Crippen LogP contribution in [-0.4, -0.2) is 7.11 Å². The SMILES string of the molecule is C=C(OC)/C(=C\C=C\Sc1ccccc1C)OCc1ccccc1. The average molecular weight is 338 g/mol. The Labute approximate surface area is 148 Å². The summed E-state index contributed by atoms with van der Waals surface area (Å²) in [6.45, 7) is 6.46. The average Bonchev–Trinajstić information content (AvgIpc) is 2.62. The number of rotatable bonds is 8. The predicted octanol–water partition coefficient (Wildman–Crippen LogP) is 5.86. The molecule has 0 fully saturated rings. The maximum Gasteiger partial charge on any atom is 0.161 e. The van der Waals surface area contributed by atoms with Crippen LogP contribution in [0, 0.1) is 6.92 Å². The van der Waals surface area contributed by atoms with E-state index in [-0.39, 0.29) is 0 Å². The van der Waals surface area contributed by atoms with Crippen molar-refractivity contribution in [2.24, 2.45) is 0 Å². The minimum Gasteiger partial charge on any atom is -0.493 e. The molecule has 2 aromatic carbocycles. The normalized spacial score (nSPS) is 11.5. The van der Waals surface area contributed by atoms with E-state index in [1.54, 1.807) is 18.9 Å². The van der Waals surface area contributed by atoms with Crippen molar-refractivity contribution >= 4 is 11.8 Å². The van der Waals surface area contributed by atoms with E-state index in [4.69, 9.17) is 9.47 Å². The van der Waals surface area contributed by atoms with Crippen molar-refractivity contribution in [1.29, 1.82) is 0 Å². The van der Waals surface area contributed by atoms with Gasteiger partial charge in [0, 0.05) is 4.90 Å². The predicted molar refractivity (Wildman–Crippen MR) is 102 cm³/mol. The Hall–Kier alpha value is -2.39. The number of allylic oxidation sites excluding steroid dienone is 2. The van der Waals surface area contributed by atoms with Gasteiger partial charge in [0.25, 0.3) is 0 Å². The topological polar surface area (TPSA) is 18.5 Å². The van der Waals surface area contributed by atoms with E-state index >= 15 is 0 Å². The van der Waals surface area contributed by atoms with E-state index in [9.17, 15) is 0 Å². The Kier molecular flexibility index (Phi) is 7.24. The molecule has 0 N–H and O–H groups in total. The number of thioether (sulfide) groups is 1. The van der Waals surface area contributed by atoms with Crippen molar-refractivity contribution in [2.45, 2.75) is 18.4 Å². The van der Waals surface area contributed by atoms with Gasteiger partial charge in [-0.05, 0) is 35.6 Å². The molecule has 0 amide bonds. The smallest absolute Gasteiger partial charge is 0.161 e. The van der Waals surface area contributed by atoms with Gasteiger partial charge in [0.05, 0.1) is 7.11 Å². The number of hydrogen-bond donors (Lipinski definition) is 0. The zero-order valence-electron chi connectivity index (χ0n) is 14.1. The first-order chi connectivity index (χ1) is 11.7. The zero-order valence-corrected chi connectivity index (χ0v) is 14.9. The zero-order chi connectivity index (χ0) is 17.2. The highest BCUT2D eigenvalue weighted by atomic mass is 32.2. The number of ether oxygens (including phenoxy) is 2. The van der Waals surface area contributed by atoms with Crippen molar-refractivity contribution in [3.63, 3.8) is 0 Å². The van der Waals surface area contributed by atoms with E-state index < -0.39 is 0 Å². The molecule has 3 heteroatoms. The molecule has 24 heavy (non-hydrogen) atoms. The lowest BCUT2D eigenvalue weighted by Gasteiger charge is -2.11. The van der Waals surface area contributed by atoms with Crippen LogP contribution < -0.4 is 0 Å². The number of benzene rings is 2. The van der Waals surface area contributed by atoms with E-state index in [2.05, 4.69) is 25.6 Å². The van der Waals surface area contributed by atoms with Crippen LogP contribution in [0.5, 0.6) is 0 Å². The summed E-state index contributed by atoms with van der Waals surface area (Å²) < 4.78 is 11.0. The van der Waals surface area contributed by atoms with Gasteiger partial charge in [-0.2, -0.15) is 0 Å². The van der Waals surface area contributed by atoms with Crippen molar-refractivity contribution in [3.8, 4) is 0 Å². The molecule has 0 heterocycles. The highest BCUT2D eigenvalue weighted by Crippen LogP contribution is 2.23. The summed E-state index contributed by atoms with van der Waals surface area (Å²) in [7, 11) is 1.59. The lowest BCUT2D eigenvalue weighted by atomic mass is 10.2. The fourth-order valence-electron chi connectivity index (χ4n) is 1.99. The summed E-state index contributed by atoms with van der Waals surface area (Å²) in [4.78, 5) is 1.24. The van der Waals surface area contributed by atoms with E-state index in [0.29, 0.717) is 18.1 Å². The molecule has 2 aromatic rings. The molecule has 0 unspecified atom stereocenters. The summed E-state index contributed by atoms with van der Waals surface area (Å²) in [6.07, 6.45) is 3.82. The second-order valence-corrected chi connectivity index (χ2v) is 6.09. The van der Waals surface area contributed by atoms with Gasteiger partial charge in [0.15, 0.2) is 11.5 Å². The molecule has 0 saturated carbocycles. The molecule has 0 saturated heterocycles. The van der Waals surface area contributed by atoms with E-state index in [1.807, 2.05) is 60.0 Å². The maximum atomic E-state index is 5.83. The molecule has 0 aliphatic rings. The van der Waals surface area contributed by atoms with Crippen molar-refractivity contribution in [1.82, 2.24) is 0 Å². The molecule has 0 atom stereocenters. The third-order valence-electron chi connectivity index (χ3n) is 3.37. The van der Waals surface area contributed by atoms with Crippen molar-refractivity contribution < 1.29 is 9.47 Å². The highest BCUT2D eigenvalue weighted by Gasteiger charge is 2.04. The number of hydrogen-bond acceptors (Lipinski definition) is 3. The molecule has 0 bridgehead atoms. The Morgan fingerprint density at radius 2 is 1.79 bits per heavy atom. The Morgan fingerprint density at radius 1 is 1.08 bits per heavy atom. The molecule has 0 aliphatic carbocycles. The van der Waals surface area contributed by atoms with Crippen molar-refractivity contribution in [2.75, 3.05) is 7.11 Å². The van der Waals surface area contributed by atoms with Gasteiger partial charge in [-0.3, -0.25) is 0 Å². The molecule has 0 aliphatic heterocycles. The summed E-state index contributed by atoms with van der Waals surface area (Å²) in [5.41, 5.74) is 2.36. The fourth-order valence-corrected chi connectivity index (χ4v) is 2.70. The summed E-state index contributed by atoms with van der Waals surface area (Å²) in [6, 6.07) is 18.3. The Bertz CT molecular complexity index is 718. The van der Waals surface area contributed by atoms with Crippen LogP contribution >= 0.6 is 11.8 Å². The monoisotopic (exact) mass is 338 g/mol. The standard InChI is InChI=1S/C21H22O2S/c1-17-10-7-8-14-21(17)24-15-9-13-20(18(2)22-3)23-16-19-11-5-4-6-12-19/h4-15H,2,16H2,1,3H3/b15-9+,20-13+. The maximum absolute atomic E-state index is 5.83. The van der Waals surface area contributed by atoms with Gasteiger partial charge < -0.3 is 9.47 Å². The molecule has 0 spiro atoms. The van der Waals surface area contributed by atoms with Gasteiger partial charge in [-0.15, -0.1) is 0 Å². The molecule has 0 radical (unpaired) electrons.